The molecule has 4 heteroatoms. The van der Waals surface area contributed by atoms with Gasteiger partial charge in [-0.25, -0.2) is 0 Å². The summed E-state index contributed by atoms with van der Waals surface area (Å²) in [6.07, 6.45) is 2.80. The Kier molecular flexibility index (Phi) is 4.83. The summed E-state index contributed by atoms with van der Waals surface area (Å²) in [5.74, 6) is -0.699. The Balaban J connectivity index is 2.09. The van der Waals surface area contributed by atoms with Gasteiger partial charge in [-0.3, -0.25) is 9.69 Å². The van der Waals surface area contributed by atoms with Crippen molar-refractivity contribution >= 4 is 17.3 Å². The summed E-state index contributed by atoms with van der Waals surface area (Å²) < 4.78 is 0. The van der Waals surface area contributed by atoms with E-state index in [4.69, 9.17) is 0 Å². The maximum absolute atomic E-state index is 11.8. The highest BCUT2D eigenvalue weighted by atomic mass is 32.1. The summed E-state index contributed by atoms with van der Waals surface area (Å²) in [6, 6.07) is 8.24. The van der Waals surface area contributed by atoms with E-state index < -0.39 is 12.0 Å². The zero-order valence-corrected chi connectivity index (χ0v) is 14.5. The molecule has 0 bridgehead atoms. The second-order valence-electron chi connectivity index (χ2n) is 6.41. The normalized spacial score (nSPS) is 20.3. The standard InChI is InChI=1S/C19H23NO2S/c1-13-6-7-14(2)16(11-13)18(15-8-10-23-12-15)20-9-4-3-5-17(20)19(21)22/h6-8,10-12,17-18H,3-5,9H2,1-2H3,(H,21,22). The van der Waals surface area contributed by atoms with Crippen LogP contribution in [0.3, 0.4) is 0 Å². The van der Waals surface area contributed by atoms with Crippen LogP contribution < -0.4 is 0 Å². The molecule has 2 aromatic rings. The highest BCUT2D eigenvalue weighted by Crippen LogP contribution is 2.36. The fourth-order valence-corrected chi connectivity index (χ4v) is 4.24. The van der Waals surface area contributed by atoms with Crippen LogP contribution in [-0.4, -0.2) is 28.6 Å². The number of piperidine rings is 1. The van der Waals surface area contributed by atoms with Crippen molar-refractivity contribution in [3.05, 3.63) is 57.3 Å². The van der Waals surface area contributed by atoms with E-state index in [-0.39, 0.29) is 6.04 Å². The van der Waals surface area contributed by atoms with Crippen LogP contribution in [0.15, 0.2) is 35.0 Å². The summed E-state index contributed by atoms with van der Waals surface area (Å²) in [5.41, 5.74) is 4.88. The van der Waals surface area contributed by atoms with Crippen molar-refractivity contribution in [1.29, 1.82) is 0 Å². The lowest BCUT2D eigenvalue weighted by Crippen LogP contribution is -2.46. The highest BCUT2D eigenvalue weighted by molar-refractivity contribution is 7.08. The van der Waals surface area contributed by atoms with Gasteiger partial charge in [0, 0.05) is 0 Å². The summed E-state index contributed by atoms with van der Waals surface area (Å²) >= 11 is 1.67. The van der Waals surface area contributed by atoms with E-state index in [0.717, 1.165) is 25.8 Å². The minimum atomic E-state index is -0.699. The van der Waals surface area contributed by atoms with E-state index in [2.05, 4.69) is 53.8 Å². The molecule has 0 aliphatic carbocycles. The van der Waals surface area contributed by atoms with Gasteiger partial charge in [-0.15, -0.1) is 0 Å². The number of benzene rings is 1. The van der Waals surface area contributed by atoms with Crippen molar-refractivity contribution in [2.24, 2.45) is 0 Å². The van der Waals surface area contributed by atoms with Gasteiger partial charge in [0.1, 0.15) is 6.04 Å². The quantitative estimate of drug-likeness (QED) is 0.904. The van der Waals surface area contributed by atoms with Gasteiger partial charge >= 0.3 is 5.97 Å². The van der Waals surface area contributed by atoms with Gasteiger partial charge in [0.15, 0.2) is 0 Å². The predicted molar refractivity (Wildman–Crippen MR) is 94.1 cm³/mol. The molecule has 23 heavy (non-hydrogen) atoms. The largest absolute Gasteiger partial charge is 0.480 e. The third-order valence-corrected chi connectivity index (χ3v) is 5.45. The molecule has 1 aliphatic rings. The van der Waals surface area contributed by atoms with Gasteiger partial charge in [0.2, 0.25) is 0 Å². The molecule has 3 nitrogen and oxygen atoms in total. The number of aliphatic carboxylic acids is 1. The smallest absolute Gasteiger partial charge is 0.320 e. The van der Waals surface area contributed by atoms with Crippen LogP contribution in [0.5, 0.6) is 0 Å². The van der Waals surface area contributed by atoms with Crippen molar-refractivity contribution in [1.82, 2.24) is 4.90 Å². The molecule has 1 N–H and O–H groups in total. The van der Waals surface area contributed by atoms with E-state index in [0.29, 0.717) is 0 Å². The Morgan fingerprint density at radius 2 is 2.13 bits per heavy atom. The Hall–Kier alpha value is -1.65. The number of carboxylic acid groups (broad SMARTS) is 1. The van der Waals surface area contributed by atoms with E-state index in [1.165, 1.54) is 22.3 Å². The minimum absolute atomic E-state index is 0.0301. The van der Waals surface area contributed by atoms with Crippen LogP contribution in [0.25, 0.3) is 0 Å². The van der Waals surface area contributed by atoms with Crippen molar-refractivity contribution in [3.63, 3.8) is 0 Å². The number of carboxylic acids is 1. The molecule has 1 aliphatic heterocycles. The molecule has 1 fully saturated rings. The van der Waals surface area contributed by atoms with Gasteiger partial charge in [-0.05, 0) is 66.8 Å². The van der Waals surface area contributed by atoms with E-state index in [1.54, 1.807) is 11.3 Å². The predicted octanol–water partition coefficient (Wildman–Crippen LogP) is 4.39. The first-order valence-corrected chi connectivity index (χ1v) is 9.10. The van der Waals surface area contributed by atoms with Crippen molar-refractivity contribution in [2.45, 2.75) is 45.2 Å². The molecule has 0 saturated carbocycles. The summed E-state index contributed by atoms with van der Waals surface area (Å²) in [5, 5.41) is 13.9. The van der Waals surface area contributed by atoms with Gasteiger partial charge in [0.25, 0.3) is 0 Å². The van der Waals surface area contributed by atoms with Crippen LogP contribution >= 0.6 is 11.3 Å². The molecular weight excluding hydrogens is 306 g/mol. The van der Waals surface area contributed by atoms with E-state index in [9.17, 15) is 9.90 Å². The second kappa shape index (κ2) is 6.85. The fraction of sp³-hybridized carbons (Fsp3) is 0.421. The number of hydrogen-bond acceptors (Lipinski definition) is 3. The Morgan fingerprint density at radius 1 is 1.30 bits per heavy atom. The molecule has 1 aromatic carbocycles. The molecule has 2 unspecified atom stereocenters. The average molecular weight is 329 g/mol. The topological polar surface area (TPSA) is 40.5 Å². The molecule has 122 valence electrons. The average Bonchev–Trinajstić information content (AvgIpc) is 3.05. The SMILES string of the molecule is Cc1ccc(C)c(C(c2ccsc2)N2CCCCC2C(=O)O)c1. The highest BCUT2D eigenvalue weighted by Gasteiger charge is 2.35. The number of carbonyl (C=O) groups is 1. The Bertz CT molecular complexity index is 681. The number of nitrogens with zero attached hydrogens (tertiary/aromatic N) is 1. The summed E-state index contributed by atoms with van der Waals surface area (Å²) in [4.78, 5) is 14.0. The van der Waals surface area contributed by atoms with Gasteiger partial charge < -0.3 is 5.11 Å². The van der Waals surface area contributed by atoms with Crippen LogP contribution in [0.2, 0.25) is 0 Å². The molecule has 2 heterocycles. The van der Waals surface area contributed by atoms with Gasteiger partial charge in [-0.1, -0.05) is 30.2 Å². The van der Waals surface area contributed by atoms with Gasteiger partial charge in [-0.2, -0.15) is 11.3 Å². The van der Waals surface area contributed by atoms with Crippen molar-refractivity contribution < 1.29 is 9.90 Å². The second-order valence-corrected chi connectivity index (χ2v) is 7.19. The van der Waals surface area contributed by atoms with Gasteiger partial charge in [0.05, 0.1) is 6.04 Å². The van der Waals surface area contributed by atoms with E-state index >= 15 is 0 Å². The van der Waals surface area contributed by atoms with Crippen LogP contribution in [0.1, 0.15) is 47.6 Å². The molecule has 2 atom stereocenters. The first-order valence-electron chi connectivity index (χ1n) is 8.15. The van der Waals surface area contributed by atoms with Crippen molar-refractivity contribution in [2.75, 3.05) is 6.54 Å². The lowest BCUT2D eigenvalue weighted by atomic mass is 9.90. The number of rotatable bonds is 4. The number of hydrogen-bond donors (Lipinski definition) is 1. The molecule has 1 aromatic heterocycles. The number of thiophene rings is 1. The zero-order chi connectivity index (χ0) is 16.4. The fourth-order valence-electron chi connectivity index (χ4n) is 3.56. The minimum Gasteiger partial charge on any atom is -0.480 e. The zero-order valence-electron chi connectivity index (χ0n) is 13.7. The molecular formula is C19H23NO2S. The first kappa shape index (κ1) is 16.2. The Morgan fingerprint density at radius 3 is 2.83 bits per heavy atom. The maximum atomic E-state index is 11.8. The molecule has 0 radical (unpaired) electrons. The third-order valence-electron chi connectivity index (χ3n) is 4.75. The van der Waals surface area contributed by atoms with E-state index in [1.807, 2.05) is 0 Å². The first-order chi connectivity index (χ1) is 11.1. The lowest BCUT2D eigenvalue weighted by Gasteiger charge is -2.39. The molecule has 3 rings (SSSR count). The third kappa shape index (κ3) is 3.33. The van der Waals surface area contributed by atoms with Crippen molar-refractivity contribution in [3.8, 4) is 0 Å². The number of likely N-dealkylation sites (tertiary alicyclic amines) is 1. The summed E-state index contributed by atoms with van der Waals surface area (Å²) in [7, 11) is 0. The Labute approximate surface area is 141 Å². The number of aryl methyl sites for hydroxylation is 2. The van der Waals surface area contributed by atoms with Crippen LogP contribution in [0, 0.1) is 13.8 Å². The summed E-state index contributed by atoms with van der Waals surface area (Å²) in [6.45, 7) is 5.05. The molecule has 0 amide bonds. The van der Waals surface area contributed by atoms with Crippen LogP contribution in [-0.2, 0) is 4.79 Å². The molecule has 1 saturated heterocycles. The molecule has 0 spiro atoms. The maximum Gasteiger partial charge on any atom is 0.320 e. The monoisotopic (exact) mass is 329 g/mol. The lowest BCUT2D eigenvalue weighted by molar-refractivity contribution is -0.145. The van der Waals surface area contributed by atoms with Crippen LogP contribution in [0.4, 0.5) is 0 Å².